The number of nitro groups is 1. The van der Waals surface area contributed by atoms with Crippen LogP contribution in [-0.4, -0.2) is 22.8 Å². The lowest BCUT2D eigenvalue weighted by Gasteiger charge is -2.18. The fourth-order valence-electron chi connectivity index (χ4n) is 1.93. The van der Waals surface area contributed by atoms with E-state index in [1.54, 1.807) is 7.05 Å². The zero-order valence-electron chi connectivity index (χ0n) is 11.3. The lowest BCUT2D eigenvalue weighted by Crippen LogP contribution is -2.26. The van der Waals surface area contributed by atoms with Gasteiger partial charge < -0.3 is 4.90 Å². The maximum Gasteiger partial charge on any atom is 0.270 e. The monoisotopic (exact) mass is 304 g/mol. The number of amides is 1. The first-order valence-corrected chi connectivity index (χ1v) is 6.60. The van der Waals surface area contributed by atoms with E-state index < -0.39 is 4.92 Å². The van der Waals surface area contributed by atoms with Crippen LogP contribution in [0.5, 0.6) is 0 Å². The highest BCUT2D eigenvalue weighted by molar-refractivity contribution is 6.33. The Bertz CT molecular complexity index is 674. The Morgan fingerprint density at radius 1 is 1.24 bits per heavy atom. The largest absolute Gasteiger partial charge is 0.337 e. The molecule has 0 saturated heterocycles. The molecule has 0 N–H and O–H groups in total. The minimum absolute atomic E-state index is 0.129. The third kappa shape index (κ3) is 3.58. The van der Waals surface area contributed by atoms with E-state index in [1.165, 1.54) is 23.1 Å². The van der Waals surface area contributed by atoms with Crippen LogP contribution < -0.4 is 0 Å². The summed E-state index contributed by atoms with van der Waals surface area (Å²) in [7, 11) is 1.63. The lowest BCUT2D eigenvalue weighted by molar-refractivity contribution is -0.384. The maximum absolute atomic E-state index is 12.4. The summed E-state index contributed by atoms with van der Waals surface area (Å²) in [5.41, 5.74) is 0.940. The van der Waals surface area contributed by atoms with Crippen LogP contribution in [0.25, 0.3) is 0 Å². The molecule has 0 unspecified atom stereocenters. The SMILES string of the molecule is CN(Cc1ccccc1)C(=O)c1cc([N+](=O)[O-])ccc1Cl. The van der Waals surface area contributed by atoms with Crippen molar-refractivity contribution in [3.63, 3.8) is 0 Å². The molecule has 5 nitrogen and oxygen atoms in total. The lowest BCUT2D eigenvalue weighted by atomic mass is 10.1. The predicted molar refractivity (Wildman–Crippen MR) is 80.3 cm³/mol. The van der Waals surface area contributed by atoms with Crippen LogP contribution >= 0.6 is 11.6 Å². The first-order valence-electron chi connectivity index (χ1n) is 6.22. The van der Waals surface area contributed by atoms with Crippen LogP contribution in [0.15, 0.2) is 48.5 Å². The maximum atomic E-state index is 12.4. The van der Waals surface area contributed by atoms with Gasteiger partial charge in [-0.15, -0.1) is 0 Å². The van der Waals surface area contributed by atoms with Gasteiger partial charge in [0, 0.05) is 25.7 Å². The number of carbonyl (C=O) groups excluding carboxylic acids is 1. The van der Waals surface area contributed by atoms with E-state index >= 15 is 0 Å². The first kappa shape index (κ1) is 15.0. The number of non-ortho nitro benzene ring substituents is 1. The Balaban J connectivity index is 2.23. The Labute approximate surface area is 126 Å². The molecule has 0 radical (unpaired) electrons. The van der Waals surface area contributed by atoms with Crippen LogP contribution in [0.4, 0.5) is 5.69 Å². The summed E-state index contributed by atoms with van der Waals surface area (Å²) in [5, 5.41) is 11.0. The van der Waals surface area contributed by atoms with Crippen LogP contribution in [0.1, 0.15) is 15.9 Å². The zero-order valence-corrected chi connectivity index (χ0v) is 12.1. The number of hydrogen-bond acceptors (Lipinski definition) is 3. The topological polar surface area (TPSA) is 63.5 Å². The van der Waals surface area contributed by atoms with E-state index in [-0.39, 0.29) is 22.2 Å². The van der Waals surface area contributed by atoms with Gasteiger partial charge in [-0.1, -0.05) is 41.9 Å². The molecule has 0 aromatic heterocycles. The third-order valence-electron chi connectivity index (χ3n) is 3.00. The molecule has 0 bridgehead atoms. The van der Waals surface area contributed by atoms with Crippen LogP contribution in [0, 0.1) is 10.1 Å². The van der Waals surface area contributed by atoms with Gasteiger partial charge in [0.2, 0.25) is 0 Å². The van der Waals surface area contributed by atoms with Crippen molar-refractivity contribution >= 4 is 23.2 Å². The van der Waals surface area contributed by atoms with Crippen molar-refractivity contribution in [2.24, 2.45) is 0 Å². The molecule has 1 amide bonds. The number of halogens is 1. The van der Waals surface area contributed by atoms with Crippen molar-refractivity contribution in [1.82, 2.24) is 4.90 Å². The minimum atomic E-state index is -0.551. The van der Waals surface area contributed by atoms with Gasteiger partial charge in [0.25, 0.3) is 11.6 Å². The highest BCUT2D eigenvalue weighted by Crippen LogP contribution is 2.23. The molecule has 2 aromatic carbocycles. The van der Waals surface area contributed by atoms with Gasteiger partial charge in [-0.3, -0.25) is 14.9 Å². The average molecular weight is 305 g/mol. The molecule has 21 heavy (non-hydrogen) atoms. The second kappa shape index (κ2) is 6.37. The van der Waals surface area contributed by atoms with E-state index in [0.29, 0.717) is 6.54 Å². The van der Waals surface area contributed by atoms with Crippen molar-refractivity contribution < 1.29 is 9.72 Å². The quantitative estimate of drug-likeness (QED) is 0.641. The summed E-state index contributed by atoms with van der Waals surface area (Å²) >= 11 is 5.97. The molecule has 0 aliphatic rings. The fourth-order valence-corrected chi connectivity index (χ4v) is 2.12. The van der Waals surface area contributed by atoms with Gasteiger partial charge in [-0.05, 0) is 11.6 Å². The minimum Gasteiger partial charge on any atom is -0.337 e. The summed E-state index contributed by atoms with van der Waals surface area (Å²) in [4.78, 5) is 24.1. The summed E-state index contributed by atoms with van der Waals surface area (Å²) in [5.74, 6) is -0.354. The van der Waals surface area contributed by atoms with Gasteiger partial charge in [-0.2, -0.15) is 0 Å². The zero-order chi connectivity index (χ0) is 15.4. The van der Waals surface area contributed by atoms with Gasteiger partial charge >= 0.3 is 0 Å². The highest BCUT2D eigenvalue weighted by Gasteiger charge is 2.19. The Morgan fingerprint density at radius 3 is 2.52 bits per heavy atom. The molecule has 2 rings (SSSR count). The first-order chi connectivity index (χ1) is 9.99. The summed E-state index contributed by atoms with van der Waals surface area (Å²) < 4.78 is 0. The van der Waals surface area contributed by atoms with Crippen molar-refractivity contribution in [2.75, 3.05) is 7.05 Å². The number of nitrogens with zero attached hydrogens (tertiary/aromatic N) is 2. The number of carbonyl (C=O) groups is 1. The van der Waals surface area contributed by atoms with Crippen molar-refractivity contribution in [3.05, 3.63) is 74.8 Å². The molecule has 0 heterocycles. The van der Waals surface area contributed by atoms with Crippen LogP contribution in [-0.2, 0) is 6.54 Å². The molecule has 0 fully saturated rings. The smallest absolute Gasteiger partial charge is 0.270 e. The van der Waals surface area contributed by atoms with E-state index in [0.717, 1.165) is 5.56 Å². The van der Waals surface area contributed by atoms with Gasteiger partial charge in [-0.25, -0.2) is 0 Å². The van der Waals surface area contributed by atoms with E-state index in [4.69, 9.17) is 11.6 Å². The molecule has 0 aliphatic carbocycles. The van der Waals surface area contributed by atoms with Crippen molar-refractivity contribution in [1.29, 1.82) is 0 Å². The normalized spacial score (nSPS) is 10.2. The molecule has 108 valence electrons. The van der Waals surface area contributed by atoms with Gasteiger partial charge in [0.05, 0.1) is 15.5 Å². The van der Waals surface area contributed by atoms with Gasteiger partial charge in [0.1, 0.15) is 0 Å². The standard InChI is InChI=1S/C15H13ClN2O3/c1-17(10-11-5-3-2-4-6-11)15(19)13-9-12(18(20)21)7-8-14(13)16/h2-9H,10H2,1H3. The third-order valence-corrected chi connectivity index (χ3v) is 3.33. The molecule has 0 saturated carbocycles. The molecule has 6 heteroatoms. The molecular weight excluding hydrogens is 292 g/mol. The van der Waals surface area contributed by atoms with Crippen molar-refractivity contribution in [3.8, 4) is 0 Å². The number of rotatable bonds is 4. The molecule has 0 aliphatic heterocycles. The Morgan fingerprint density at radius 2 is 1.90 bits per heavy atom. The predicted octanol–water partition coefficient (Wildman–Crippen LogP) is 3.52. The molecular formula is C15H13ClN2O3. The van der Waals surface area contributed by atoms with Gasteiger partial charge in [0.15, 0.2) is 0 Å². The van der Waals surface area contributed by atoms with E-state index in [9.17, 15) is 14.9 Å². The average Bonchev–Trinajstić information content (AvgIpc) is 2.47. The second-order valence-corrected chi connectivity index (χ2v) is 4.98. The van der Waals surface area contributed by atoms with Crippen LogP contribution in [0.2, 0.25) is 5.02 Å². The Hall–Kier alpha value is -2.40. The summed E-state index contributed by atoms with van der Waals surface area (Å²) in [6.45, 7) is 0.401. The number of benzene rings is 2. The second-order valence-electron chi connectivity index (χ2n) is 4.57. The molecule has 2 aromatic rings. The number of hydrogen-bond donors (Lipinski definition) is 0. The molecule has 0 atom stereocenters. The van der Waals surface area contributed by atoms with E-state index in [2.05, 4.69) is 0 Å². The Kier molecular flexibility index (Phi) is 4.55. The van der Waals surface area contributed by atoms with Crippen LogP contribution in [0.3, 0.4) is 0 Å². The van der Waals surface area contributed by atoms with Crippen molar-refractivity contribution in [2.45, 2.75) is 6.54 Å². The highest BCUT2D eigenvalue weighted by atomic mass is 35.5. The fraction of sp³-hybridized carbons (Fsp3) is 0.133. The summed E-state index contributed by atoms with van der Waals surface area (Å²) in [6.07, 6.45) is 0. The van der Waals surface area contributed by atoms with E-state index in [1.807, 2.05) is 30.3 Å². The summed E-state index contributed by atoms with van der Waals surface area (Å²) in [6, 6.07) is 13.3. The molecule has 0 spiro atoms. The number of nitro benzene ring substituents is 1.